The van der Waals surface area contributed by atoms with Gasteiger partial charge in [0.25, 0.3) is 11.9 Å². The molecule has 146 valence electrons. The lowest BCUT2D eigenvalue weighted by Crippen LogP contribution is -2.49. The van der Waals surface area contributed by atoms with Gasteiger partial charge >= 0.3 is 13.1 Å². The summed E-state index contributed by atoms with van der Waals surface area (Å²) in [5, 5.41) is 33.8. The van der Waals surface area contributed by atoms with Crippen molar-refractivity contribution in [1.82, 2.24) is 5.32 Å². The van der Waals surface area contributed by atoms with E-state index in [0.717, 1.165) is 6.92 Å². The maximum absolute atomic E-state index is 12.4. The molecule has 1 unspecified atom stereocenters. The third kappa shape index (κ3) is 8.99. The monoisotopic (exact) mass is 398 g/mol. The van der Waals surface area contributed by atoms with Crippen LogP contribution in [0.25, 0.3) is 0 Å². The van der Waals surface area contributed by atoms with Crippen LogP contribution in [-0.2, 0) is 23.9 Å². The summed E-state index contributed by atoms with van der Waals surface area (Å²) in [7, 11) is -1.14. The van der Waals surface area contributed by atoms with E-state index < -0.39 is 37.5 Å². The van der Waals surface area contributed by atoms with Gasteiger partial charge in [0.2, 0.25) is 6.61 Å². The Morgan fingerprint density at radius 1 is 1.41 bits per heavy atom. The molecule has 0 radical (unpaired) electrons. The number of rotatable bonds is 6. The number of hydrogen-bond donors (Lipinski definition) is 4. The fourth-order valence-electron chi connectivity index (χ4n) is 1.83. The van der Waals surface area contributed by atoms with Crippen LogP contribution in [0.1, 0.15) is 18.2 Å². The van der Waals surface area contributed by atoms with Gasteiger partial charge in [-0.15, -0.1) is 11.3 Å². The lowest BCUT2D eigenvalue weighted by atomic mass is 9.77. The number of carboxylic acids is 2. The summed E-state index contributed by atoms with van der Waals surface area (Å²) in [6.45, 7) is 0.696. The number of carbonyl (C=O) groups is 3. The smallest absolute Gasteiger partial charge is 0.478 e. The van der Waals surface area contributed by atoms with E-state index in [2.05, 4.69) is 15.3 Å². The van der Waals surface area contributed by atoms with Gasteiger partial charge in [0.15, 0.2) is 5.71 Å². The summed E-state index contributed by atoms with van der Waals surface area (Å²) in [4.78, 5) is 37.1. The number of carboxylic acid groups (broad SMARTS) is 2. The third-order valence-electron chi connectivity index (χ3n) is 2.89. The van der Waals surface area contributed by atoms with Crippen molar-refractivity contribution in [2.45, 2.75) is 19.3 Å². The molecule has 2 heterocycles. The quantitative estimate of drug-likeness (QED) is 0.228. The minimum atomic E-state index is -1.20. The van der Waals surface area contributed by atoms with Crippen LogP contribution < -0.4 is 5.32 Å². The first kappa shape index (κ1) is 22.3. The molecule has 0 bridgehead atoms. The summed E-state index contributed by atoms with van der Waals surface area (Å²) in [5.41, 5.74) is -0.0540. The number of thiophene rings is 1. The van der Waals surface area contributed by atoms with E-state index in [1.165, 1.54) is 11.3 Å². The van der Waals surface area contributed by atoms with Gasteiger partial charge in [0, 0.05) is 13.5 Å². The van der Waals surface area contributed by atoms with Crippen molar-refractivity contribution in [1.29, 1.82) is 0 Å². The van der Waals surface area contributed by atoms with Gasteiger partial charge in [0.1, 0.15) is 0 Å². The Morgan fingerprint density at radius 3 is 2.70 bits per heavy atom. The number of aliphatic carboxylic acids is 2. The molecule has 0 spiro atoms. The van der Waals surface area contributed by atoms with E-state index in [-0.39, 0.29) is 12.3 Å². The Hall–Kier alpha value is -2.70. The van der Waals surface area contributed by atoms with Crippen molar-refractivity contribution in [3.63, 3.8) is 0 Å². The van der Waals surface area contributed by atoms with E-state index in [1.807, 2.05) is 0 Å². The van der Waals surface area contributed by atoms with E-state index >= 15 is 0 Å². The zero-order chi connectivity index (χ0) is 20.2. The Morgan fingerprint density at radius 2 is 2.11 bits per heavy atom. The van der Waals surface area contributed by atoms with E-state index in [4.69, 9.17) is 19.7 Å². The lowest BCUT2D eigenvalue weighted by molar-refractivity contribution is -0.142. The van der Waals surface area contributed by atoms with Crippen LogP contribution in [0.3, 0.4) is 0 Å². The fourth-order valence-corrected chi connectivity index (χ4v) is 2.53. The minimum absolute atomic E-state index is 0.0540. The highest BCUT2D eigenvalue weighted by atomic mass is 32.1. The summed E-state index contributed by atoms with van der Waals surface area (Å²) >= 11 is 1.26. The van der Waals surface area contributed by atoms with Crippen molar-refractivity contribution in [3.05, 3.63) is 34.5 Å². The van der Waals surface area contributed by atoms with Crippen LogP contribution in [0.15, 0.2) is 34.8 Å². The highest BCUT2D eigenvalue weighted by Crippen LogP contribution is 2.12. The van der Waals surface area contributed by atoms with Gasteiger partial charge in [-0.25, -0.2) is 4.79 Å². The fraction of sp³-hybridized carbons (Fsp3) is 0.333. The first-order valence-electron chi connectivity index (χ1n) is 7.72. The topological polar surface area (TPSA) is 155 Å². The van der Waals surface area contributed by atoms with Crippen molar-refractivity contribution in [2.75, 3.05) is 13.2 Å². The zero-order valence-electron chi connectivity index (χ0n) is 14.4. The predicted octanol–water partition coefficient (Wildman–Crippen LogP) is 0.125. The molecule has 2 rings (SSSR count). The highest BCUT2D eigenvalue weighted by molar-refractivity contribution is 7.13. The first-order chi connectivity index (χ1) is 12.8. The van der Waals surface area contributed by atoms with Crippen molar-refractivity contribution in [3.8, 4) is 0 Å². The zero-order valence-corrected chi connectivity index (χ0v) is 15.2. The molecule has 0 aromatic carbocycles. The second-order valence-corrected chi connectivity index (χ2v) is 6.06. The molecule has 12 heteroatoms. The Kier molecular flexibility index (Phi) is 9.79. The standard InChI is InChI=1S/C13H15BN2O6S.C2H4O2/c17-11(18)8-22-16-12(9-4-3-7-23-9)13(19)15-10-5-1-2-6-21-14(10)20;1-2(3)4/h1-4,7,10,20H,5-6,8H2,(H,15,19)(H,17,18);1H3,(H,3,4)/b16-12+;. The molecule has 0 saturated heterocycles. The van der Waals surface area contributed by atoms with Gasteiger partial charge in [-0.05, 0) is 17.9 Å². The van der Waals surface area contributed by atoms with Gasteiger partial charge in [-0.1, -0.05) is 23.4 Å². The maximum Gasteiger partial charge on any atom is 0.478 e. The average molecular weight is 398 g/mol. The molecule has 1 aromatic rings. The molecule has 1 aromatic heterocycles. The van der Waals surface area contributed by atoms with E-state index in [0.29, 0.717) is 11.3 Å². The molecule has 0 fully saturated rings. The molecule has 0 aliphatic carbocycles. The van der Waals surface area contributed by atoms with Gasteiger partial charge in [-0.2, -0.15) is 0 Å². The largest absolute Gasteiger partial charge is 0.481 e. The van der Waals surface area contributed by atoms with Crippen LogP contribution >= 0.6 is 11.3 Å². The van der Waals surface area contributed by atoms with E-state index in [1.54, 1.807) is 29.7 Å². The molecule has 1 aliphatic heterocycles. The molecular formula is C15H19BN2O8S. The van der Waals surface area contributed by atoms with Crippen LogP contribution in [0, 0.1) is 0 Å². The molecule has 0 saturated carbocycles. The highest BCUT2D eigenvalue weighted by Gasteiger charge is 2.30. The van der Waals surface area contributed by atoms with E-state index in [9.17, 15) is 14.6 Å². The van der Waals surface area contributed by atoms with Crippen LogP contribution in [-0.4, -0.2) is 65.1 Å². The number of nitrogens with zero attached hydrogens (tertiary/aromatic N) is 1. The van der Waals surface area contributed by atoms with Crippen LogP contribution in [0.4, 0.5) is 0 Å². The van der Waals surface area contributed by atoms with Crippen molar-refractivity contribution in [2.24, 2.45) is 5.16 Å². The minimum Gasteiger partial charge on any atom is -0.481 e. The molecule has 1 aliphatic rings. The second-order valence-electron chi connectivity index (χ2n) is 5.11. The van der Waals surface area contributed by atoms with Gasteiger partial charge in [-0.3, -0.25) is 9.59 Å². The lowest BCUT2D eigenvalue weighted by Gasteiger charge is -2.17. The number of amides is 1. The van der Waals surface area contributed by atoms with Crippen LogP contribution in [0.5, 0.6) is 0 Å². The normalized spacial score (nSPS) is 16.6. The van der Waals surface area contributed by atoms with Gasteiger partial charge in [0.05, 0.1) is 10.8 Å². The first-order valence-corrected chi connectivity index (χ1v) is 8.60. The molecule has 1 amide bonds. The summed E-state index contributed by atoms with van der Waals surface area (Å²) in [6.07, 6.45) is 3.95. The molecule has 10 nitrogen and oxygen atoms in total. The predicted molar refractivity (Wildman–Crippen MR) is 97.4 cm³/mol. The molecule has 1 atom stereocenters. The molecular weight excluding hydrogens is 379 g/mol. The number of hydrogen-bond acceptors (Lipinski definition) is 8. The Balaban J connectivity index is 0.000000828. The number of carbonyl (C=O) groups excluding carboxylic acids is 1. The van der Waals surface area contributed by atoms with Gasteiger partial charge < -0.3 is 30.0 Å². The maximum atomic E-state index is 12.4. The van der Waals surface area contributed by atoms with Crippen molar-refractivity contribution >= 4 is 42.0 Å². The number of oxime groups is 1. The Bertz CT molecular complexity index is 688. The molecule has 27 heavy (non-hydrogen) atoms. The summed E-state index contributed by atoms with van der Waals surface area (Å²) in [6, 6.07) is 3.39. The summed E-state index contributed by atoms with van der Waals surface area (Å²) < 4.78 is 5.11. The Labute approximate surface area is 159 Å². The second kappa shape index (κ2) is 11.8. The van der Waals surface area contributed by atoms with Crippen LogP contribution in [0.2, 0.25) is 0 Å². The summed E-state index contributed by atoms with van der Waals surface area (Å²) in [5.74, 6) is -3.25. The van der Waals surface area contributed by atoms with Crippen molar-refractivity contribution < 1.29 is 39.1 Å². The third-order valence-corrected chi connectivity index (χ3v) is 3.77. The average Bonchev–Trinajstić information content (AvgIpc) is 3.03. The molecule has 4 N–H and O–H groups in total. The SMILES string of the molecule is CC(=O)O.O=C(O)CO/N=C(/C(=O)NC1CC=CCOB1O)c1cccs1. The number of nitrogens with one attached hydrogen (secondary N) is 1.